The first-order valence-corrected chi connectivity index (χ1v) is 9.68. The topological polar surface area (TPSA) is 23.6 Å². The molecular weight excluding hydrogens is 311 g/mol. The van der Waals surface area contributed by atoms with Gasteiger partial charge in [0.05, 0.1) is 0 Å². The Hall–Kier alpha value is -0.940. The monoisotopic (exact) mass is 336 g/mol. The van der Waals surface area contributed by atoms with Crippen LogP contribution in [0, 0.1) is 17.3 Å². The zero-order valence-corrected chi connectivity index (χ0v) is 14.5. The number of piperidine rings is 1. The Balaban J connectivity index is 1.42. The van der Waals surface area contributed by atoms with Crippen molar-refractivity contribution >= 4 is 17.2 Å². The van der Waals surface area contributed by atoms with E-state index in [1.807, 2.05) is 4.90 Å². The van der Waals surface area contributed by atoms with Gasteiger partial charge in [-0.25, -0.2) is 4.39 Å². The molecule has 3 heterocycles. The zero-order valence-electron chi connectivity index (χ0n) is 13.7. The van der Waals surface area contributed by atoms with Crippen LogP contribution in [0.3, 0.4) is 0 Å². The summed E-state index contributed by atoms with van der Waals surface area (Å²) in [6.07, 6.45) is 1.64. The van der Waals surface area contributed by atoms with Gasteiger partial charge in [0.15, 0.2) is 0 Å². The molecule has 4 unspecified atom stereocenters. The van der Waals surface area contributed by atoms with Crippen LogP contribution in [0.4, 0.5) is 4.39 Å². The van der Waals surface area contributed by atoms with Gasteiger partial charge in [0, 0.05) is 37.5 Å². The Morgan fingerprint density at radius 2 is 2.26 bits per heavy atom. The highest BCUT2D eigenvalue weighted by Gasteiger charge is 2.51. The quantitative estimate of drug-likeness (QED) is 0.846. The Morgan fingerprint density at radius 1 is 1.43 bits per heavy atom. The first kappa shape index (κ1) is 15.6. The van der Waals surface area contributed by atoms with Crippen LogP contribution >= 0.6 is 11.3 Å². The third-order valence-electron chi connectivity index (χ3n) is 6.01. The maximum Gasteiger partial charge on any atom is 0.225 e. The van der Waals surface area contributed by atoms with Gasteiger partial charge in [-0.05, 0) is 54.1 Å². The standard InChI is InChI=1S/C18H25FN2OS/c1-13-8-15(13)17(22)21-5-2-16(19)18(12-21)4-6-20(11-18)9-14-3-7-23-10-14/h3,7,10,13,15-16H,2,4-6,8-9,11-12H2,1H3. The van der Waals surface area contributed by atoms with Crippen molar-refractivity contribution < 1.29 is 9.18 Å². The summed E-state index contributed by atoms with van der Waals surface area (Å²) in [7, 11) is 0. The average Bonchev–Trinajstić information content (AvgIpc) is 2.92. The Labute approximate surface area is 141 Å². The highest BCUT2D eigenvalue weighted by Crippen LogP contribution is 2.44. The number of carbonyl (C=O) groups is 1. The van der Waals surface area contributed by atoms with Gasteiger partial charge >= 0.3 is 0 Å². The van der Waals surface area contributed by atoms with Crippen molar-refractivity contribution in [1.29, 1.82) is 0 Å². The number of hydrogen-bond donors (Lipinski definition) is 0. The Bertz CT molecular complexity index is 578. The van der Waals surface area contributed by atoms with E-state index in [4.69, 9.17) is 0 Å². The van der Waals surface area contributed by atoms with Crippen molar-refractivity contribution in [2.45, 2.75) is 38.9 Å². The normalized spacial score (nSPS) is 37.5. The minimum atomic E-state index is -0.768. The summed E-state index contributed by atoms with van der Waals surface area (Å²) in [4.78, 5) is 16.9. The molecule has 0 aromatic carbocycles. The van der Waals surface area contributed by atoms with Crippen LogP contribution in [0.5, 0.6) is 0 Å². The van der Waals surface area contributed by atoms with E-state index in [0.29, 0.717) is 25.4 Å². The third-order valence-corrected chi connectivity index (χ3v) is 6.74. The summed E-state index contributed by atoms with van der Waals surface area (Å²) >= 11 is 1.71. The predicted molar refractivity (Wildman–Crippen MR) is 90.0 cm³/mol. The predicted octanol–water partition coefficient (Wildman–Crippen LogP) is 3.17. The van der Waals surface area contributed by atoms with Gasteiger partial charge in [0.25, 0.3) is 0 Å². The molecule has 0 N–H and O–H groups in total. The van der Waals surface area contributed by atoms with Crippen molar-refractivity contribution in [3.05, 3.63) is 22.4 Å². The van der Waals surface area contributed by atoms with E-state index in [0.717, 1.165) is 32.5 Å². The van der Waals surface area contributed by atoms with Crippen molar-refractivity contribution in [1.82, 2.24) is 9.80 Å². The number of thiophene rings is 1. The summed E-state index contributed by atoms with van der Waals surface area (Å²) in [6, 6.07) is 2.15. The first-order valence-electron chi connectivity index (χ1n) is 8.74. The molecule has 4 atom stereocenters. The molecule has 2 saturated heterocycles. The molecule has 1 spiro atoms. The molecule has 1 aliphatic carbocycles. The SMILES string of the molecule is CC1CC1C(=O)N1CCC(F)C2(CCN(Cc3ccsc3)C2)C1. The van der Waals surface area contributed by atoms with E-state index in [-0.39, 0.29) is 17.2 Å². The van der Waals surface area contributed by atoms with E-state index >= 15 is 0 Å². The smallest absolute Gasteiger partial charge is 0.225 e. The molecule has 3 nitrogen and oxygen atoms in total. The van der Waals surface area contributed by atoms with Gasteiger partial charge in [0.2, 0.25) is 5.91 Å². The molecule has 1 saturated carbocycles. The van der Waals surface area contributed by atoms with Crippen molar-refractivity contribution in [3.63, 3.8) is 0 Å². The van der Waals surface area contributed by atoms with E-state index in [2.05, 4.69) is 28.7 Å². The molecule has 4 rings (SSSR count). The van der Waals surface area contributed by atoms with Crippen LogP contribution < -0.4 is 0 Å². The first-order chi connectivity index (χ1) is 11.1. The second-order valence-corrected chi connectivity index (χ2v) is 8.57. The van der Waals surface area contributed by atoms with E-state index in [1.165, 1.54) is 5.56 Å². The minimum Gasteiger partial charge on any atom is -0.342 e. The average molecular weight is 336 g/mol. The number of carbonyl (C=O) groups excluding carboxylic acids is 1. The Kier molecular flexibility index (Phi) is 3.96. The fraction of sp³-hybridized carbons (Fsp3) is 0.722. The third kappa shape index (κ3) is 2.93. The number of alkyl halides is 1. The molecule has 126 valence electrons. The lowest BCUT2D eigenvalue weighted by molar-refractivity contribution is -0.138. The van der Waals surface area contributed by atoms with Gasteiger partial charge in [-0.3, -0.25) is 9.69 Å². The zero-order chi connectivity index (χ0) is 16.0. The highest BCUT2D eigenvalue weighted by atomic mass is 32.1. The molecule has 0 radical (unpaired) electrons. The lowest BCUT2D eigenvalue weighted by atomic mass is 9.77. The molecule has 3 fully saturated rings. The lowest BCUT2D eigenvalue weighted by Gasteiger charge is -2.43. The summed E-state index contributed by atoms with van der Waals surface area (Å²) in [6.45, 7) is 6.00. The van der Waals surface area contributed by atoms with Crippen LogP contribution in [0.25, 0.3) is 0 Å². The number of likely N-dealkylation sites (tertiary alicyclic amines) is 2. The second-order valence-electron chi connectivity index (χ2n) is 7.79. The van der Waals surface area contributed by atoms with Crippen LogP contribution in [-0.2, 0) is 11.3 Å². The number of amides is 1. The van der Waals surface area contributed by atoms with Gasteiger partial charge in [-0.1, -0.05) is 6.92 Å². The largest absolute Gasteiger partial charge is 0.342 e. The van der Waals surface area contributed by atoms with Gasteiger partial charge in [-0.2, -0.15) is 11.3 Å². The summed E-state index contributed by atoms with van der Waals surface area (Å²) < 4.78 is 14.8. The summed E-state index contributed by atoms with van der Waals surface area (Å²) in [5.41, 5.74) is 0.986. The maximum absolute atomic E-state index is 14.8. The number of halogens is 1. The van der Waals surface area contributed by atoms with Crippen LogP contribution in [0.1, 0.15) is 31.7 Å². The fourth-order valence-electron chi connectivity index (χ4n) is 4.37. The van der Waals surface area contributed by atoms with Crippen LogP contribution in [-0.4, -0.2) is 48.1 Å². The van der Waals surface area contributed by atoms with Crippen molar-refractivity contribution in [2.75, 3.05) is 26.2 Å². The Morgan fingerprint density at radius 3 is 2.96 bits per heavy atom. The molecule has 0 bridgehead atoms. The van der Waals surface area contributed by atoms with Gasteiger partial charge in [-0.15, -0.1) is 0 Å². The molecule has 5 heteroatoms. The van der Waals surface area contributed by atoms with Crippen molar-refractivity contribution in [2.24, 2.45) is 17.3 Å². The molecule has 3 aliphatic rings. The van der Waals surface area contributed by atoms with Gasteiger partial charge in [0.1, 0.15) is 6.17 Å². The molecule has 2 aliphatic heterocycles. The number of rotatable bonds is 3. The van der Waals surface area contributed by atoms with E-state index in [9.17, 15) is 9.18 Å². The molecular formula is C18H25FN2OS. The summed E-state index contributed by atoms with van der Waals surface area (Å²) in [5.74, 6) is 1.02. The van der Waals surface area contributed by atoms with E-state index in [1.54, 1.807) is 11.3 Å². The lowest BCUT2D eigenvalue weighted by Crippen LogP contribution is -2.53. The van der Waals surface area contributed by atoms with Crippen LogP contribution in [0.2, 0.25) is 0 Å². The van der Waals surface area contributed by atoms with Crippen LogP contribution in [0.15, 0.2) is 16.8 Å². The number of nitrogens with zero attached hydrogens (tertiary/aromatic N) is 2. The van der Waals surface area contributed by atoms with Gasteiger partial charge < -0.3 is 4.90 Å². The summed E-state index contributed by atoms with van der Waals surface area (Å²) in [5, 5.41) is 4.26. The van der Waals surface area contributed by atoms with E-state index < -0.39 is 6.17 Å². The second kappa shape index (κ2) is 5.85. The molecule has 1 aromatic rings. The highest BCUT2D eigenvalue weighted by molar-refractivity contribution is 7.07. The van der Waals surface area contributed by atoms with Crippen molar-refractivity contribution in [3.8, 4) is 0 Å². The fourth-order valence-corrected chi connectivity index (χ4v) is 5.03. The molecule has 1 amide bonds. The molecule has 23 heavy (non-hydrogen) atoms. The maximum atomic E-state index is 14.8. The minimum absolute atomic E-state index is 0.214. The molecule has 1 aromatic heterocycles. The number of hydrogen-bond acceptors (Lipinski definition) is 3.